The van der Waals surface area contributed by atoms with Crippen LogP contribution in [0.3, 0.4) is 0 Å². The standard InChI is InChI=1S/C15H22ClN/c1-11-4-5-12(2)14(8-11)10-17-7-6-15(16)13(3)9-17/h4-5,8,13,15H,6-7,9-10H2,1-3H3. The molecular weight excluding hydrogens is 230 g/mol. The van der Waals surface area contributed by atoms with Gasteiger partial charge in [0.25, 0.3) is 0 Å². The molecule has 0 aromatic heterocycles. The van der Waals surface area contributed by atoms with Gasteiger partial charge in [-0.2, -0.15) is 0 Å². The molecule has 0 N–H and O–H groups in total. The zero-order chi connectivity index (χ0) is 12.4. The molecule has 1 aliphatic rings. The Bertz CT molecular complexity index is 389. The Kier molecular flexibility index (Phi) is 4.11. The predicted molar refractivity (Wildman–Crippen MR) is 74.6 cm³/mol. The first-order valence-electron chi connectivity index (χ1n) is 6.49. The minimum absolute atomic E-state index is 0.366. The van der Waals surface area contributed by atoms with Crippen LogP contribution in [0.2, 0.25) is 0 Å². The number of hydrogen-bond acceptors (Lipinski definition) is 1. The first-order valence-corrected chi connectivity index (χ1v) is 6.92. The number of aryl methyl sites for hydroxylation is 2. The van der Waals surface area contributed by atoms with E-state index in [4.69, 9.17) is 11.6 Å². The number of hydrogen-bond donors (Lipinski definition) is 0. The third kappa shape index (κ3) is 3.23. The van der Waals surface area contributed by atoms with E-state index < -0.39 is 0 Å². The quantitative estimate of drug-likeness (QED) is 0.724. The molecule has 17 heavy (non-hydrogen) atoms. The van der Waals surface area contributed by atoms with Gasteiger partial charge in [-0.25, -0.2) is 0 Å². The summed E-state index contributed by atoms with van der Waals surface area (Å²) in [5.41, 5.74) is 4.22. The third-order valence-corrected chi connectivity index (χ3v) is 4.43. The lowest BCUT2D eigenvalue weighted by molar-refractivity contribution is 0.179. The van der Waals surface area contributed by atoms with Gasteiger partial charge in [0.05, 0.1) is 0 Å². The summed E-state index contributed by atoms with van der Waals surface area (Å²) >= 11 is 6.27. The van der Waals surface area contributed by atoms with E-state index in [1.165, 1.54) is 16.7 Å². The summed E-state index contributed by atoms with van der Waals surface area (Å²) < 4.78 is 0. The SMILES string of the molecule is Cc1ccc(C)c(CN2CCC(Cl)C(C)C2)c1. The van der Waals surface area contributed by atoms with Crippen molar-refractivity contribution in [2.45, 2.75) is 39.1 Å². The smallest absolute Gasteiger partial charge is 0.0386 e. The Hall–Kier alpha value is -0.530. The highest BCUT2D eigenvalue weighted by Crippen LogP contribution is 2.23. The first kappa shape index (κ1) is 12.9. The fraction of sp³-hybridized carbons (Fsp3) is 0.600. The average Bonchev–Trinajstić information content (AvgIpc) is 2.29. The lowest BCUT2D eigenvalue weighted by Crippen LogP contribution is -2.39. The van der Waals surface area contributed by atoms with Gasteiger partial charge in [-0.05, 0) is 43.9 Å². The summed E-state index contributed by atoms with van der Waals surface area (Å²) in [6, 6.07) is 6.72. The van der Waals surface area contributed by atoms with Gasteiger partial charge in [0.15, 0.2) is 0 Å². The lowest BCUT2D eigenvalue weighted by Gasteiger charge is -2.34. The number of rotatable bonds is 2. The zero-order valence-corrected chi connectivity index (χ0v) is 11.8. The van der Waals surface area contributed by atoms with Crippen molar-refractivity contribution in [3.05, 3.63) is 34.9 Å². The van der Waals surface area contributed by atoms with Crippen molar-refractivity contribution in [3.8, 4) is 0 Å². The van der Waals surface area contributed by atoms with Crippen LogP contribution >= 0.6 is 11.6 Å². The largest absolute Gasteiger partial charge is 0.299 e. The van der Waals surface area contributed by atoms with Gasteiger partial charge in [0.1, 0.15) is 0 Å². The van der Waals surface area contributed by atoms with Crippen molar-refractivity contribution < 1.29 is 0 Å². The number of likely N-dealkylation sites (tertiary alicyclic amines) is 1. The monoisotopic (exact) mass is 251 g/mol. The lowest BCUT2D eigenvalue weighted by atomic mass is 9.98. The number of alkyl halides is 1. The summed E-state index contributed by atoms with van der Waals surface area (Å²) in [4.78, 5) is 2.53. The van der Waals surface area contributed by atoms with E-state index >= 15 is 0 Å². The molecule has 0 radical (unpaired) electrons. The normalized spacial score (nSPS) is 26.1. The molecule has 1 heterocycles. The Morgan fingerprint density at radius 1 is 1.35 bits per heavy atom. The van der Waals surface area contributed by atoms with Crippen LogP contribution in [0.25, 0.3) is 0 Å². The van der Waals surface area contributed by atoms with Gasteiger partial charge in [-0.3, -0.25) is 4.90 Å². The van der Waals surface area contributed by atoms with Gasteiger partial charge in [0.2, 0.25) is 0 Å². The van der Waals surface area contributed by atoms with E-state index in [9.17, 15) is 0 Å². The highest BCUT2D eigenvalue weighted by molar-refractivity contribution is 6.20. The highest BCUT2D eigenvalue weighted by Gasteiger charge is 2.24. The van der Waals surface area contributed by atoms with Crippen molar-refractivity contribution in [1.29, 1.82) is 0 Å². The minimum Gasteiger partial charge on any atom is -0.299 e. The molecule has 2 rings (SSSR count). The molecule has 0 amide bonds. The van der Waals surface area contributed by atoms with Gasteiger partial charge >= 0.3 is 0 Å². The summed E-state index contributed by atoms with van der Waals surface area (Å²) in [5.74, 6) is 0.607. The average molecular weight is 252 g/mol. The topological polar surface area (TPSA) is 3.24 Å². The van der Waals surface area contributed by atoms with Crippen LogP contribution in [0.1, 0.15) is 30.0 Å². The van der Waals surface area contributed by atoms with Gasteiger partial charge < -0.3 is 0 Å². The number of benzene rings is 1. The zero-order valence-electron chi connectivity index (χ0n) is 11.0. The maximum atomic E-state index is 6.27. The van der Waals surface area contributed by atoms with Crippen molar-refractivity contribution in [2.24, 2.45) is 5.92 Å². The molecule has 0 aliphatic carbocycles. The second-order valence-corrected chi connectivity index (χ2v) is 6.01. The van der Waals surface area contributed by atoms with Crippen LogP contribution in [0, 0.1) is 19.8 Å². The molecule has 94 valence electrons. The fourth-order valence-corrected chi connectivity index (χ4v) is 2.74. The summed E-state index contributed by atoms with van der Waals surface area (Å²) in [5, 5.41) is 0.366. The first-order chi connectivity index (χ1) is 8.06. The molecule has 0 bridgehead atoms. The van der Waals surface area contributed by atoms with Crippen molar-refractivity contribution >= 4 is 11.6 Å². The molecule has 1 aromatic rings. The van der Waals surface area contributed by atoms with Crippen LogP contribution in [0.5, 0.6) is 0 Å². The molecule has 1 aromatic carbocycles. The third-order valence-electron chi connectivity index (χ3n) is 3.78. The van der Waals surface area contributed by atoms with Gasteiger partial charge in [0, 0.05) is 18.5 Å². The Labute approximate surface area is 110 Å². The molecule has 2 unspecified atom stereocenters. The van der Waals surface area contributed by atoms with Crippen molar-refractivity contribution in [1.82, 2.24) is 4.90 Å². The van der Waals surface area contributed by atoms with E-state index in [1.54, 1.807) is 0 Å². The molecular formula is C15H22ClN. The maximum absolute atomic E-state index is 6.27. The molecule has 1 saturated heterocycles. The van der Waals surface area contributed by atoms with Crippen LogP contribution in [-0.4, -0.2) is 23.4 Å². The fourth-order valence-electron chi connectivity index (χ4n) is 2.56. The van der Waals surface area contributed by atoms with Crippen molar-refractivity contribution in [3.63, 3.8) is 0 Å². The number of halogens is 1. The Morgan fingerprint density at radius 2 is 2.12 bits per heavy atom. The van der Waals surface area contributed by atoms with E-state index in [0.717, 1.165) is 26.1 Å². The molecule has 1 fully saturated rings. The van der Waals surface area contributed by atoms with Crippen LogP contribution in [-0.2, 0) is 6.54 Å². The summed E-state index contributed by atoms with van der Waals surface area (Å²) in [6.07, 6.45) is 1.12. The summed E-state index contributed by atoms with van der Waals surface area (Å²) in [7, 11) is 0. The predicted octanol–water partition coefficient (Wildman–Crippen LogP) is 3.75. The molecule has 1 nitrogen and oxygen atoms in total. The van der Waals surface area contributed by atoms with E-state index in [1.807, 2.05) is 0 Å². The van der Waals surface area contributed by atoms with E-state index in [2.05, 4.69) is 43.9 Å². The molecule has 1 aliphatic heterocycles. The molecule has 2 atom stereocenters. The summed E-state index contributed by atoms with van der Waals surface area (Å²) in [6.45, 7) is 9.95. The Balaban J connectivity index is 2.03. The van der Waals surface area contributed by atoms with Crippen LogP contribution in [0.15, 0.2) is 18.2 Å². The van der Waals surface area contributed by atoms with E-state index in [-0.39, 0.29) is 0 Å². The number of piperidine rings is 1. The second-order valence-electron chi connectivity index (χ2n) is 5.45. The minimum atomic E-state index is 0.366. The van der Waals surface area contributed by atoms with E-state index in [0.29, 0.717) is 11.3 Å². The van der Waals surface area contributed by atoms with Crippen molar-refractivity contribution in [2.75, 3.05) is 13.1 Å². The van der Waals surface area contributed by atoms with Gasteiger partial charge in [-0.1, -0.05) is 30.7 Å². The Morgan fingerprint density at radius 3 is 2.82 bits per heavy atom. The number of nitrogens with zero attached hydrogens (tertiary/aromatic N) is 1. The van der Waals surface area contributed by atoms with Crippen LogP contribution < -0.4 is 0 Å². The molecule has 2 heteroatoms. The molecule has 0 spiro atoms. The van der Waals surface area contributed by atoms with Gasteiger partial charge in [-0.15, -0.1) is 11.6 Å². The maximum Gasteiger partial charge on any atom is 0.0386 e. The van der Waals surface area contributed by atoms with Crippen LogP contribution in [0.4, 0.5) is 0 Å². The highest BCUT2D eigenvalue weighted by atomic mass is 35.5. The second kappa shape index (κ2) is 5.41. The molecule has 0 saturated carbocycles.